The van der Waals surface area contributed by atoms with Crippen LogP contribution in [0.5, 0.6) is 6.01 Å². The van der Waals surface area contributed by atoms with Crippen LogP contribution in [0.4, 0.5) is 5.95 Å². The number of anilines is 1. The third-order valence-electron chi connectivity index (χ3n) is 2.51. The van der Waals surface area contributed by atoms with Crippen molar-refractivity contribution in [2.45, 2.75) is 26.7 Å². The van der Waals surface area contributed by atoms with Crippen molar-refractivity contribution in [3.8, 4) is 6.01 Å². The lowest BCUT2D eigenvalue weighted by molar-refractivity contribution is 0.247. The molecule has 0 aliphatic rings. The first-order valence-electron chi connectivity index (χ1n) is 5.77. The van der Waals surface area contributed by atoms with E-state index < -0.39 is 0 Å². The molecule has 0 saturated carbocycles. The summed E-state index contributed by atoms with van der Waals surface area (Å²) in [7, 11) is 1.47. The molecule has 0 unspecified atom stereocenters. The minimum atomic E-state index is 0.0368. The smallest absolute Gasteiger partial charge is 0.322 e. The molecule has 1 rings (SSSR count). The zero-order chi connectivity index (χ0) is 13.6. The van der Waals surface area contributed by atoms with Gasteiger partial charge in [-0.1, -0.05) is 13.8 Å². The van der Waals surface area contributed by atoms with Crippen LogP contribution >= 0.6 is 11.6 Å². The van der Waals surface area contributed by atoms with Gasteiger partial charge in [-0.25, -0.2) is 0 Å². The number of ether oxygens (including phenoxy) is 1. The fraction of sp³-hybridized carbons (Fsp3) is 0.727. The monoisotopic (exact) mass is 274 g/mol. The Morgan fingerprint density at radius 2 is 2.06 bits per heavy atom. The quantitative estimate of drug-likeness (QED) is 0.788. The molecule has 0 radical (unpaired) electrons. The molecule has 6 nitrogen and oxygen atoms in total. The fourth-order valence-corrected chi connectivity index (χ4v) is 1.62. The summed E-state index contributed by atoms with van der Waals surface area (Å²) in [5.74, 6) is 0.393. The number of hydrogen-bond acceptors (Lipinski definition) is 6. The van der Waals surface area contributed by atoms with Crippen molar-refractivity contribution in [1.82, 2.24) is 15.0 Å². The number of nitrogens with zero attached hydrogens (tertiary/aromatic N) is 3. The van der Waals surface area contributed by atoms with Gasteiger partial charge >= 0.3 is 6.01 Å². The standard InChI is InChI=1S/C11H19ClN4O2/c1-11(2,5-4-6-17)7-13-9-14-8(12)15-10(16-9)18-3/h17H,4-7H2,1-3H3,(H,13,14,15,16). The summed E-state index contributed by atoms with van der Waals surface area (Å²) in [4.78, 5) is 11.8. The number of aliphatic hydroxyl groups is 1. The van der Waals surface area contributed by atoms with E-state index >= 15 is 0 Å². The molecule has 102 valence electrons. The Morgan fingerprint density at radius 3 is 2.67 bits per heavy atom. The van der Waals surface area contributed by atoms with Gasteiger partial charge in [-0.2, -0.15) is 15.0 Å². The lowest BCUT2D eigenvalue weighted by Gasteiger charge is -2.24. The fourth-order valence-electron chi connectivity index (χ4n) is 1.47. The van der Waals surface area contributed by atoms with Crippen molar-refractivity contribution in [2.75, 3.05) is 25.6 Å². The highest BCUT2D eigenvalue weighted by Gasteiger charge is 2.18. The molecule has 0 aromatic carbocycles. The molecular formula is C11H19ClN4O2. The Hall–Kier alpha value is -1.14. The van der Waals surface area contributed by atoms with Crippen molar-refractivity contribution in [3.05, 3.63) is 5.28 Å². The summed E-state index contributed by atoms with van der Waals surface area (Å²) in [6.45, 7) is 5.09. The van der Waals surface area contributed by atoms with Gasteiger partial charge in [0.05, 0.1) is 7.11 Å². The molecule has 2 N–H and O–H groups in total. The van der Waals surface area contributed by atoms with Crippen molar-refractivity contribution in [2.24, 2.45) is 5.41 Å². The van der Waals surface area contributed by atoms with Crippen molar-refractivity contribution in [1.29, 1.82) is 0 Å². The molecule has 0 amide bonds. The van der Waals surface area contributed by atoms with E-state index in [9.17, 15) is 0 Å². The number of aliphatic hydroxyl groups excluding tert-OH is 1. The first-order chi connectivity index (χ1) is 8.46. The van der Waals surface area contributed by atoms with E-state index in [1.165, 1.54) is 7.11 Å². The van der Waals surface area contributed by atoms with Crippen molar-refractivity contribution in [3.63, 3.8) is 0 Å². The summed E-state index contributed by atoms with van der Waals surface area (Å²) < 4.78 is 4.91. The molecule has 0 bridgehead atoms. The van der Waals surface area contributed by atoms with Gasteiger partial charge in [0.2, 0.25) is 11.2 Å². The predicted molar refractivity (Wildman–Crippen MR) is 70.0 cm³/mol. The van der Waals surface area contributed by atoms with E-state index in [4.69, 9.17) is 21.4 Å². The van der Waals surface area contributed by atoms with E-state index in [2.05, 4.69) is 34.1 Å². The minimum Gasteiger partial charge on any atom is -0.467 e. The van der Waals surface area contributed by atoms with E-state index in [1.807, 2.05) is 0 Å². The number of methoxy groups -OCH3 is 1. The van der Waals surface area contributed by atoms with Crippen LogP contribution in [-0.4, -0.2) is 40.3 Å². The largest absolute Gasteiger partial charge is 0.467 e. The Balaban J connectivity index is 2.59. The highest BCUT2D eigenvalue weighted by atomic mass is 35.5. The van der Waals surface area contributed by atoms with Crippen LogP contribution in [0.1, 0.15) is 26.7 Å². The molecular weight excluding hydrogens is 256 g/mol. The molecule has 0 saturated heterocycles. The van der Waals surface area contributed by atoms with Gasteiger partial charge in [-0.15, -0.1) is 0 Å². The van der Waals surface area contributed by atoms with Gasteiger partial charge in [-0.3, -0.25) is 0 Å². The van der Waals surface area contributed by atoms with Crippen LogP contribution < -0.4 is 10.1 Å². The first-order valence-corrected chi connectivity index (χ1v) is 6.15. The summed E-state index contributed by atoms with van der Waals surface area (Å²) in [6.07, 6.45) is 1.68. The maximum Gasteiger partial charge on any atom is 0.322 e. The van der Waals surface area contributed by atoms with Gasteiger partial charge in [0, 0.05) is 13.2 Å². The molecule has 1 heterocycles. The summed E-state index contributed by atoms with van der Waals surface area (Å²) in [5.41, 5.74) is 0.0368. The van der Waals surface area contributed by atoms with E-state index in [1.54, 1.807) is 0 Å². The Kier molecular flexibility index (Phi) is 5.55. The topological polar surface area (TPSA) is 80.2 Å². The van der Waals surface area contributed by atoms with Crippen LogP contribution in [0.15, 0.2) is 0 Å². The number of hydrogen-bond donors (Lipinski definition) is 2. The number of aromatic nitrogens is 3. The second-order valence-electron chi connectivity index (χ2n) is 4.76. The highest BCUT2D eigenvalue weighted by Crippen LogP contribution is 2.22. The average Bonchev–Trinajstić information content (AvgIpc) is 2.33. The van der Waals surface area contributed by atoms with Gasteiger partial charge in [0.25, 0.3) is 0 Å². The zero-order valence-corrected chi connectivity index (χ0v) is 11.7. The minimum absolute atomic E-state index is 0.0368. The Labute approximate surface area is 112 Å². The summed E-state index contributed by atoms with van der Waals surface area (Å²) >= 11 is 5.75. The van der Waals surface area contributed by atoms with E-state index in [0.29, 0.717) is 12.5 Å². The van der Waals surface area contributed by atoms with Crippen LogP contribution in [-0.2, 0) is 0 Å². The highest BCUT2D eigenvalue weighted by molar-refractivity contribution is 6.28. The Morgan fingerprint density at radius 1 is 1.33 bits per heavy atom. The number of nitrogens with one attached hydrogen (secondary N) is 1. The lowest BCUT2D eigenvalue weighted by Crippen LogP contribution is -2.24. The van der Waals surface area contributed by atoms with E-state index in [0.717, 1.165) is 12.8 Å². The predicted octanol–water partition coefficient (Wildman–Crippen LogP) is 1.74. The van der Waals surface area contributed by atoms with Crippen molar-refractivity contribution >= 4 is 17.5 Å². The van der Waals surface area contributed by atoms with Crippen LogP contribution in [0.25, 0.3) is 0 Å². The van der Waals surface area contributed by atoms with Gasteiger partial charge in [0.15, 0.2) is 0 Å². The van der Waals surface area contributed by atoms with Crippen molar-refractivity contribution < 1.29 is 9.84 Å². The zero-order valence-electron chi connectivity index (χ0n) is 10.9. The summed E-state index contributed by atoms with van der Waals surface area (Å²) in [5, 5.41) is 12.0. The maximum atomic E-state index is 8.83. The van der Waals surface area contributed by atoms with Gasteiger partial charge in [-0.05, 0) is 29.9 Å². The molecule has 0 aliphatic heterocycles. The SMILES string of the molecule is COc1nc(Cl)nc(NCC(C)(C)CCCO)n1. The molecule has 7 heteroatoms. The third kappa shape index (κ3) is 5.01. The second kappa shape index (κ2) is 6.70. The second-order valence-corrected chi connectivity index (χ2v) is 5.10. The van der Waals surface area contributed by atoms with Crippen LogP contribution in [0.2, 0.25) is 5.28 Å². The molecule has 0 spiro atoms. The third-order valence-corrected chi connectivity index (χ3v) is 2.68. The van der Waals surface area contributed by atoms with E-state index in [-0.39, 0.29) is 23.3 Å². The van der Waals surface area contributed by atoms with Crippen LogP contribution in [0, 0.1) is 5.41 Å². The molecule has 18 heavy (non-hydrogen) atoms. The normalized spacial score (nSPS) is 11.4. The molecule has 1 aromatic heterocycles. The lowest BCUT2D eigenvalue weighted by atomic mass is 9.88. The number of rotatable bonds is 7. The average molecular weight is 275 g/mol. The molecule has 0 atom stereocenters. The van der Waals surface area contributed by atoms with Crippen LogP contribution in [0.3, 0.4) is 0 Å². The molecule has 0 fully saturated rings. The van der Waals surface area contributed by atoms with Gasteiger partial charge < -0.3 is 15.2 Å². The maximum absolute atomic E-state index is 8.83. The molecule has 1 aromatic rings. The molecule has 0 aliphatic carbocycles. The summed E-state index contributed by atoms with van der Waals surface area (Å²) in [6, 6.07) is 0.186. The first kappa shape index (κ1) is 14.9. The van der Waals surface area contributed by atoms with Gasteiger partial charge in [0.1, 0.15) is 0 Å². The number of halogens is 1. The Bertz CT molecular complexity index is 387.